The fourth-order valence-electron chi connectivity index (χ4n) is 4.14. The lowest BCUT2D eigenvalue weighted by Gasteiger charge is -2.28. The van der Waals surface area contributed by atoms with Crippen LogP contribution in [0.2, 0.25) is 0 Å². The number of β-amino-alcohol motifs (C(OH)–C–C–N with tert-alkyl or cyclic N) is 1. The molecule has 0 amide bonds. The molecule has 0 spiro atoms. The molecular formula is C30H32F3N3O8S. The maximum absolute atomic E-state index is 12.6. The van der Waals surface area contributed by atoms with Gasteiger partial charge in [0.25, 0.3) is 10.0 Å². The number of alkyl halides is 3. The number of carbonyl (C=O) groups is 2. The number of fused-ring (bicyclic) bond motifs is 1. The summed E-state index contributed by atoms with van der Waals surface area (Å²) in [7, 11) is -3.73. The second kappa shape index (κ2) is 14.5. The van der Waals surface area contributed by atoms with Gasteiger partial charge >= 0.3 is 18.3 Å². The van der Waals surface area contributed by atoms with Gasteiger partial charge in [0.1, 0.15) is 5.75 Å². The molecule has 1 unspecified atom stereocenters. The number of ether oxygens (including phenoxy) is 1. The number of aliphatic hydroxyl groups excluding tert-OH is 1. The van der Waals surface area contributed by atoms with Gasteiger partial charge in [0.2, 0.25) is 0 Å². The summed E-state index contributed by atoms with van der Waals surface area (Å²) in [4.78, 5) is 19.8. The zero-order chi connectivity index (χ0) is 33.4. The van der Waals surface area contributed by atoms with E-state index < -0.39 is 34.4 Å². The quantitative estimate of drug-likeness (QED) is 0.102. The van der Waals surface area contributed by atoms with Crippen LogP contribution in [0.4, 0.5) is 23.7 Å². The molecule has 0 aliphatic rings. The minimum absolute atomic E-state index is 0.166. The number of rotatable bonds is 11. The van der Waals surface area contributed by atoms with Crippen molar-refractivity contribution in [2.75, 3.05) is 11.3 Å². The Balaban J connectivity index is 0.000000707. The number of carboxylic acids is 1. The number of aromatic nitrogens is 1. The van der Waals surface area contributed by atoms with Crippen molar-refractivity contribution >= 4 is 38.7 Å². The molecule has 1 aromatic heterocycles. The third kappa shape index (κ3) is 10.5. The normalized spacial score (nSPS) is 12.6. The zero-order valence-corrected chi connectivity index (χ0v) is 25.0. The first-order valence-corrected chi connectivity index (χ1v) is 14.9. The van der Waals surface area contributed by atoms with Crippen LogP contribution in [0.25, 0.3) is 10.9 Å². The molecule has 3 aromatic carbocycles. The summed E-state index contributed by atoms with van der Waals surface area (Å²) >= 11 is 0. The first kappa shape index (κ1) is 34.9. The Kier molecular flexibility index (Phi) is 11.2. The van der Waals surface area contributed by atoms with E-state index in [4.69, 9.17) is 19.7 Å². The largest absolute Gasteiger partial charge is 0.511 e. The van der Waals surface area contributed by atoms with E-state index in [0.29, 0.717) is 17.8 Å². The Morgan fingerprint density at radius 3 is 2.24 bits per heavy atom. The van der Waals surface area contributed by atoms with Gasteiger partial charge in [-0.05, 0) is 74.4 Å². The van der Waals surface area contributed by atoms with Crippen molar-refractivity contribution in [2.45, 2.75) is 49.5 Å². The molecule has 11 nitrogen and oxygen atoms in total. The molecule has 45 heavy (non-hydrogen) atoms. The summed E-state index contributed by atoms with van der Waals surface area (Å²) in [5.41, 5.74) is 1.63. The molecule has 0 fully saturated rings. The minimum atomic E-state index is -5.08. The molecule has 0 bridgehead atoms. The van der Waals surface area contributed by atoms with E-state index in [0.717, 1.165) is 17.3 Å². The second-order valence-electron chi connectivity index (χ2n) is 10.5. The van der Waals surface area contributed by atoms with Crippen LogP contribution in [0.1, 0.15) is 31.9 Å². The lowest BCUT2D eigenvalue weighted by atomic mass is 9.99. The first-order chi connectivity index (χ1) is 21.0. The smallest absolute Gasteiger partial charge is 0.475 e. The second-order valence-corrected chi connectivity index (χ2v) is 12.2. The highest BCUT2D eigenvalue weighted by Crippen LogP contribution is 2.25. The Morgan fingerprint density at radius 1 is 0.956 bits per heavy atom. The van der Waals surface area contributed by atoms with Crippen molar-refractivity contribution in [3.05, 3.63) is 90.6 Å². The van der Waals surface area contributed by atoms with E-state index in [1.807, 2.05) is 18.3 Å². The van der Waals surface area contributed by atoms with Crippen LogP contribution in [-0.4, -0.2) is 58.7 Å². The lowest BCUT2D eigenvalue weighted by Crippen LogP contribution is -2.42. The minimum Gasteiger partial charge on any atom is -0.475 e. The van der Waals surface area contributed by atoms with Gasteiger partial charge in [-0.1, -0.05) is 30.3 Å². The fraction of sp³-hybridized carbons (Fsp3) is 0.267. The van der Waals surface area contributed by atoms with Gasteiger partial charge in [0, 0.05) is 41.4 Å². The Hall–Kier alpha value is -4.60. The van der Waals surface area contributed by atoms with E-state index in [9.17, 15) is 31.5 Å². The van der Waals surface area contributed by atoms with Gasteiger partial charge < -0.3 is 29.9 Å². The highest BCUT2D eigenvalue weighted by atomic mass is 32.2. The van der Waals surface area contributed by atoms with Gasteiger partial charge in [-0.25, -0.2) is 18.0 Å². The van der Waals surface area contributed by atoms with Crippen molar-refractivity contribution < 1.29 is 51.2 Å². The molecule has 4 aromatic rings. The maximum Gasteiger partial charge on any atom is 0.511 e. The number of aliphatic carboxylic acids is 1. The number of carboxylic acid groups (broad SMARTS) is 2. The summed E-state index contributed by atoms with van der Waals surface area (Å²) in [6.07, 6.45) is -4.56. The average Bonchev–Trinajstić information content (AvgIpc) is 3.37. The van der Waals surface area contributed by atoms with Crippen LogP contribution in [-0.2, 0) is 21.4 Å². The highest BCUT2D eigenvalue weighted by Gasteiger charge is 2.38. The van der Waals surface area contributed by atoms with Crippen LogP contribution < -0.4 is 14.8 Å². The molecule has 15 heteroatoms. The van der Waals surface area contributed by atoms with Crippen LogP contribution >= 0.6 is 0 Å². The third-order valence-electron chi connectivity index (χ3n) is 6.52. The van der Waals surface area contributed by atoms with Crippen molar-refractivity contribution in [1.82, 2.24) is 9.88 Å². The molecule has 0 aliphatic carbocycles. The average molecular weight is 652 g/mol. The first-order valence-electron chi connectivity index (χ1n) is 13.4. The zero-order valence-electron chi connectivity index (χ0n) is 24.2. The number of benzene rings is 3. The summed E-state index contributed by atoms with van der Waals surface area (Å²) in [6.45, 7) is 5.09. The van der Waals surface area contributed by atoms with Gasteiger partial charge in [0.15, 0.2) is 0 Å². The van der Waals surface area contributed by atoms with Gasteiger partial charge in [-0.15, -0.1) is 0 Å². The summed E-state index contributed by atoms with van der Waals surface area (Å²) in [6, 6.07) is 21.9. The number of hydrogen-bond donors (Lipinski definition) is 5. The number of halogens is 3. The number of aliphatic hydroxyl groups is 1. The number of hydrogen-bond acceptors (Lipinski definition) is 7. The van der Waals surface area contributed by atoms with Crippen LogP contribution in [0, 0.1) is 0 Å². The van der Waals surface area contributed by atoms with E-state index in [-0.39, 0.29) is 22.7 Å². The highest BCUT2D eigenvalue weighted by molar-refractivity contribution is 7.92. The maximum atomic E-state index is 12.6. The Labute approximate surface area is 256 Å². The van der Waals surface area contributed by atoms with E-state index in [1.54, 1.807) is 54.6 Å². The summed E-state index contributed by atoms with van der Waals surface area (Å²) in [5.74, 6) is -2.48. The molecule has 0 radical (unpaired) electrons. The number of sulfonamides is 1. The van der Waals surface area contributed by atoms with Gasteiger partial charge in [-0.3, -0.25) is 4.72 Å². The molecule has 4 rings (SSSR count). The van der Waals surface area contributed by atoms with E-state index >= 15 is 0 Å². The molecule has 1 heterocycles. The van der Waals surface area contributed by atoms with Crippen molar-refractivity contribution in [2.24, 2.45) is 0 Å². The number of nitrogens with one attached hydrogen (secondary N) is 2. The monoisotopic (exact) mass is 651 g/mol. The molecule has 1 atom stereocenters. The standard InChI is InChI=1S/C28H31N3O6S.C2HF3O2/c1-28(2,14-16-31-15-13-20-18-23(37-27(33)34)11-12-25(20)31)29-19-26(32)21-7-6-8-22(17-21)30-38(35,36)24-9-4-3-5-10-24;3-2(4,5)1(6)7/h3-13,15,17-18,26,29-30,32H,14,16,19H2,1-2H3,(H,33,34);(H,6,7). The molecule has 0 aliphatic heterocycles. The predicted molar refractivity (Wildman–Crippen MR) is 160 cm³/mol. The van der Waals surface area contributed by atoms with Crippen LogP contribution in [0.5, 0.6) is 5.75 Å². The SMILES string of the molecule is CC(C)(CCn1ccc2cc(OC(=O)O)ccc21)NCC(O)c1cccc(NS(=O)(=O)c2ccccc2)c1.O=C(O)C(F)(F)F. The van der Waals surface area contributed by atoms with Crippen molar-refractivity contribution in [3.63, 3.8) is 0 Å². The molecule has 0 saturated carbocycles. The summed E-state index contributed by atoms with van der Waals surface area (Å²) < 4.78 is 66.4. The number of aryl methyl sites for hydroxylation is 1. The van der Waals surface area contributed by atoms with E-state index in [2.05, 4.69) is 28.5 Å². The van der Waals surface area contributed by atoms with Crippen LogP contribution in [0.15, 0.2) is 90.0 Å². The Bertz CT molecular complexity index is 1730. The predicted octanol–water partition coefficient (Wildman–Crippen LogP) is 5.62. The number of anilines is 1. The topological polar surface area (TPSA) is 167 Å². The van der Waals surface area contributed by atoms with Gasteiger partial charge in [-0.2, -0.15) is 13.2 Å². The molecule has 5 N–H and O–H groups in total. The lowest BCUT2D eigenvalue weighted by molar-refractivity contribution is -0.192. The Morgan fingerprint density at radius 2 is 1.62 bits per heavy atom. The van der Waals surface area contributed by atoms with Crippen molar-refractivity contribution in [3.8, 4) is 5.75 Å². The van der Waals surface area contributed by atoms with Crippen molar-refractivity contribution in [1.29, 1.82) is 0 Å². The molecule has 0 saturated heterocycles. The summed E-state index contributed by atoms with van der Waals surface area (Å²) in [5, 5.41) is 31.0. The van der Waals surface area contributed by atoms with Crippen LogP contribution in [0.3, 0.4) is 0 Å². The van der Waals surface area contributed by atoms with E-state index in [1.165, 1.54) is 12.1 Å². The molecule has 242 valence electrons. The molecular weight excluding hydrogens is 619 g/mol. The van der Waals surface area contributed by atoms with Gasteiger partial charge in [0.05, 0.1) is 11.0 Å². The number of nitrogens with zero attached hydrogens (tertiary/aromatic N) is 1. The fourth-order valence-corrected chi connectivity index (χ4v) is 5.21. The third-order valence-corrected chi connectivity index (χ3v) is 7.92.